The maximum absolute atomic E-state index is 8.74. The fourth-order valence-electron chi connectivity index (χ4n) is 0.951. The molecule has 1 aliphatic rings. The first-order chi connectivity index (χ1) is 5.93. The lowest BCUT2D eigenvalue weighted by Gasteiger charge is -2.15. The van der Waals surface area contributed by atoms with Crippen LogP contribution in [0.2, 0.25) is 0 Å². The van der Waals surface area contributed by atoms with Crippen LogP contribution in [0.1, 0.15) is 12.8 Å². The molecule has 1 saturated heterocycles. The molecule has 76 valence electrons. The molecule has 0 aromatic heterocycles. The van der Waals surface area contributed by atoms with E-state index in [1.807, 2.05) is 0 Å². The monoisotopic (exact) mass is 208 g/mol. The summed E-state index contributed by atoms with van der Waals surface area (Å²) in [5.74, 6) is 0.330. The molecule has 7 heteroatoms. The van der Waals surface area contributed by atoms with E-state index in [-0.39, 0.29) is 0 Å². The molecule has 0 spiro atoms. The maximum atomic E-state index is 8.74. The Morgan fingerprint density at radius 2 is 1.69 bits per heavy atom. The van der Waals surface area contributed by atoms with Crippen LogP contribution in [-0.4, -0.2) is 30.6 Å². The van der Waals surface area contributed by atoms with Gasteiger partial charge in [-0.15, -0.1) is 0 Å². The third kappa shape index (κ3) is 11.3. The second-order valence-corrected chi connectivity index (χ2v) is 3.50. The molecule has 0 saturated carbocycles. The number of rotatable bonds is 0. The number of piperidine rings is 1. The number of nitrogens with zero attached hydrogens (tertiary/aromatic N) is 1. The molecule has 0 unspecified atom stereocenters. The summed E-state index contributed by atoms with van der Waals surface area (Å²) in [4.78, 5) is 0. The Morgan fingerprint density at radius 3 is 1.92 bits per heavy atom. The molecular formula is C6H12N2O4S. The molecule has 0 radical (unpaired) electrons. The molecule has 1 fully saturated rings. The Hall–Kier alpha value is -0.680. The predicted octanol–water partition coefficient (Wildman–Crippen LogP) is -0.143. The summed E-state index contributed by atoms with van der Waals surface area (Å²) >= 11 is 0. The Labute approximate surface area is 77.1 Å². The van der Waals surface area contributed by atoms with Crippen molar-refractivity contribution in [2.75, 3.05) is 13.1 Å². The third-order valence-electron chi connectivity index (χ3n) is 1.52. The van der Waals surface area contributed by atoms with E-state index >= 15 is 0 Å². The molecule has 0 bridgehead atoms. The maximum Gasteiger partial charge on any atom is 0.394 e. The van der Waals surface area contributed by atoms with Crippen molar-refractivity contribution in [2.45, 2.75) is 12.8 Å². The Bertz CT molecular complexity index is 255. The Morgan fingerprint density at radius 1 is 1.31 bits per heavy atom. The van der Waals surface area contributed by atoms with Gasteiger partial charge >= 0.3 is 10.4 Å². The average molecular weight is 208 g/mol. The second-order valence-electron chi connectivity index (χ2n) is 2.60. The highest BCUT2D eigenvalue weighted by molar-refractivity contribution is 7.79. The zero-order chi connectivity index (χ0) is 10.3. The van der Waals surface area contributed by atoms with E-state index in [0.717, 1.165) is 25.9 Å². The SMILES string of the molecule is N#CC1CCNCC1.O=S(=O)(O)O. The molecule has 0 atom stereocenters. The average Bonchev–Trinajstić information content (AvgIpc) is 2.03. The van der Waals surface area contributed by atoms with Gasteiger partial charge in [-0.25, -0.2) is 0 Å². The second kappa shape index (κ2) is 5.88. The minimum atomic E-state index is -4.67. The van der Waals surface area contributed by atoms with E-state index in [4.69, 9.17) is 22.8 Å². The van der Waals surface area contributed by atoms with E-state index in [1.54, 1.807) is 0 Å². The molecule has 1 heterocycles. The first-order valence-electron chi connectivity index (χ1n) is 3.73. The molecule has 1 rings (SSSR count). The van der Waals surface area contributed by atoms with E-state index < -0.39 is 10.4 Å². The van der Waals surface area contributed by atoms with Crippen molar-refractivity contribution in [3.63, 3.8) is 0 Å². The van der Waals surface area contributed by atoms with E-state index in [9.17, 15) is 0 Å². The normalized spacial score (nSPS) is 18.2. The van der Waals surface area contributed by atoms with E-state index in [2.05, 4.69) is 11.4 Å². The van der Waals surface area contributed by atoms with Gasteiger partial charge in [-0.3, -0.25) is 9.11 Å². The number of hydrogen-bond donors (Lipinski definition) is 3. The Balaban J connectivity index is 0.000000252. The molecule has 0 aliphatic carbocycles. The largest absolute Gasteiger partial charge is 0.394 e. The van der Waals surface area contributed by atoms with Gasteiger partial charge in [0.05, 0.1) is 6.07 Å². The summed E-state index contributed by atoms with van der Waals surface area (Å²) in [5, 5.41) is 11.6. The van der Waals surface area contributed by atoms with Gasteiger partial charge in [0.2, 0.25) is 0 Å². The van der Waals surface area contributed by atoms with Gasteiger partial charge in [0.15, 0.2) is 0 Å². The van der Waals surface area contributed by atoms with Crippen LogP contribution in [0.3, 0.4) is 0 Å². The van der Waals surface area contributed by atoms with Crippen LogP contribution in [0, 0.1) is 17.2 Å². The summed E-state index contributed by atoms with van der Waals surface area (Å²) in [5.41, 5.74) is 0. The Kier molecular flexibility index (Phi) is 5.57. The fourth-order valence-corrected chi connectivity index (χ4v) is 0.951. The minimum Gasteiger partial charge on any atom is -0.317 e. The van der Waals surface area contributed by atoms with Crippen molar-refractivity contribution < 1.29 is 17.5 Å². The summed E-state index contributed by atoms with van der Waals surface area (Å²) in [6.45, 7) is 2.05. The van der Waals surface area contributed by atoms with Crippen LogP contribution in [0.15, 0.2) is 0 Å². The highest BCUT2D eigenvalue weighted by Crippen LogP contribution is 2.08. The lowest BCUT2D eigenvalue weighted by atomic mass is 10.0. The van der Waals surface area contributed by atoms with Crippen LogP contribution < -0.4 is 5.32 Å². The lowest BCUT2D eigenvalue weighted by Crippen LogP contribution is -2.26. The van der Waals surface area contributed by atoms with Crippen LogP contribution in [0.25, 0.3) is 0 Å². The van der Waals surface area contributed by atoms with Crippen LogP contribution in [0.5, 0.6) is 0 Å². The van der Waals surface area contributed by atoms with Crippen molar-refractivity contribution in [3.8, 4) is 6.07 Å². The van der Waals surface area contributed by atoms with E-state index in [1.165, 1.54) is 0 Å². The first-order valence-corrected chi connectivity index (χ1v) is 5.13. The van der Waals surface area contributed by atoms with Gasteiger partial charge < -0.3 is 5.32 Å². The standard InChI is InChI=1S/C6H10N2.H2O4S/c7-5-6-1-3-8-4-2-6;1-5(2,3)4/h6,8H,1-4H2;(H2,1,2,3,4). The van der Waals surface area contributed by atoms with Gasteiger partial charge in [-0.2, -0.15) is 13.7 Å². The molecule has 0 aromatic carbocycles. The molecule has 13 heavy (non-hydrogen) atoms. The van der Waals surface area contributed by atoms with Crippen molar-refractivity contribution in [1.29, 1.82) is 5.26 Å². The summed E-state index contributed by atoms with van der Waals surface area (Å²) in [6, 6.07) is 2.26. The van der Waals surface area contributed by atoms with Gasteiger partial charge in [0, 0.05) is 5.92 Å². The topological polar surface area (TPSA) is 110 Å². The molecule has 0 aromatic rings. The first kappa shape index (κ1) is 12.3. The van der Waals surface area contributed by atoms with Gasteiger partial charge in [-0.1, -0.05) is 0 Å². The summed E-state index contributed by atoms with van der Waals surface area (Å²) in [7, 11) is -4.67. The highest BCUT2D eigenvalue weighted by atomic mass is 32.3. The number of nitrogens with one attached hydrogen (secondary N) is 1. The summed E-state index contributed by atoms with van der Waals surface area (Å²) in [6.07, 6.45) is 2.08. The molecule has 0 amide bonds. The zero-order valence-corrected chi connectivity index (χ0v) is 7.79. The van der Waals surface area contributed by atoms with Crippen LogP contribution >= 0.6 is 0 Å². The molecule has 6 nitrogen and oxygen atoms in total. The molecular weight excluding hydrogens is 196 g/mol. The van der Waals surface area contributed by atoms with Crippen molar-refractivity contribution >= 4 is 10.4 Å². The smallest absolute Gasteiger partial charge is 0.317 e. The number of hydrogen-bond acceptors (Lipinski definition) is 4. The van der Waals surface area contributed by atoms with Gasteiger partial charge in [0.1, 0.15) is 0 Å². The van der Waals surface area contributed by atoms with Crippen molar-refractivity contribution in [1.82, 2.24) is 5.32 Å². The molecule has 1 aliphatic heterocycles. The quantitative estimate of drug-likeness (QED) is 0.478. The lowest BCUT2D eigenvalue weighted by molar-refractivity contribution is 0.381. The van der Waals surface area contributed by atoms with Crippen molar-refractivity contribution in [3.05, 3.63) is 0 Å². The van der Waals surface area contributed by atoms with Gasteiger partial charge in [0.25, 0.3) is 0 Å². The van der Waals surface area contributed by atoms with Crippen LogP contribution in [-0.2, 0) is 10.4 Å². The van der Waals surface area contributed by atoms with E-state index in [0.29, 0.717) is 5.92 Å². The molecule has 3 N–H and O–H groups in total. The van der Waals surface area contributed by atoms with Crippen molar-refractivity contribution in [2.24, 2.45) is 5.92 Å². The van der Waals surface area contributed by atoms with Crippen LogP contribution in [0.4, 0.5) is 0 Å². The highest BCUT2D eigenvalue weighted by Gasteiger charge is 2.09. The zero-order valence-electron chi connectivity index (χ0n) is 6.97. The third-order valence-corrected chi connectivity index (χ3v) is 1.52. The summed E-state index contributed by atoms with van der Waals surface area (Å²) < 4.78 is 31.6. The predicted molar refractivity (Wildman–Crippen MR) is 45.4 cm³/mol. The minimum absolute atomic E-state index is 0.330. The van der Waals surface area contributed by atoms with Gasteiger partial charge in [-0.05, 0) is 25.9 Å². The fraction of sp³-hybridized carbons (Fsp3) is 0.833. The number of nitriles is 1.